The van der Waals surface area contributed by atoms with E-state index in [1.165, 1.54) is 6.33 Å². The van der Waals surface area contributed by atoms with Crippen LogP contribution in [0.5, 0.6) is 0 Å². The van der Waals surface area contributed by atoms with E-state index in [4.69, 9.17) is 0 Å². The lowest BCUT2D eigenvalue weighted by Crippen LogP contribution is -2.21. The molecule has 4 nitrogen and oxygen atoms in total. The van der Waals surface area contributed by atoms with Crippen molar-refractivity contribution >= 4 is 0 Å². The quantitative estimate of drug-likeness (QED) is 0.780. The van der Waals surface area contributed by atoms with Crippen LogP contribution in [0.2, 0.25) is 0 Å². The van der Waals surface area contributed by atoms with Crippen molar-refractivity contribution in [1.82, 2.24) is 15.3 Å². The van der Waals surface area contributed by atoms with E-state index in [1.54, 1.807) is 19.4 Å². The first-order valence-electron chi connectivity index (χ1n) is 5.09. The number of aromatic nitrogens is 2. The van der Waals surface area contributed by atoms with E-state index in [9.17, 15) is 13.2 Å². The highest BCUT2D eigenvalue weighted by Crippen LogP contribution is 2.17. The fourth-order valence-electron chi connectivity index (χ4n) is 1.36. The molecule has 17 heavy (non-hydrogen) atoms. The van der Waals surface area contributed by atoms with Gasteiger partial charge in [0.25, 0.3) is 0 Å². The van der Waals surface area contributed by atoms with Crippen LogP contribution >= 0.6 is 0 Å². The maximum atomic E-state index is 11.8. The van der Waals surface area contributed by atoms with E-state index >= 15 is 0 Å². The van der Waals surface area contributed by atoms with Crippen molar-refractivity contribution in [3.63, 3.8) is 0 Å². The standard InChI is InChI=1S/C10H14F3N3O/c1-14-9(8-4-15-7-16-5-8)2-3-17-6-10(11,12)13/h4-5,7,9,14H,2-3,6H2,1H3. The van der Waals surface area contributed by atoms with Crippen molar-refractivity contribution in [3.05, 3.63) is 24.3 Å². The van der Waals surface area contributed by atoms with Gasteiger partial charge in [0, 0.05) is 30.6 Å². The molecule has 1 rings (SSSR count). The van der Waals surface area contributed by atoms with Gasteiger partial charge >= 0.3 is 6.18 Å². The number of hydrogen-bond donors (Lipinski definition) is 1. The van der Waals surface area contributed by atoms with Gasteiger partial charge in [-0.25, -0.2) is 9.97 Å². The van der Waals surface area contributed by atoms with Crippen LogP contribution < -0.4 is 5.32 Å². The number of halogens is 3. The largest absolute Gasteiger partial charge is 0.411 e. The zero-order chi connectivity index (χ0) is 12.7. The summed E-state index contributed by atoms with van der Waals surface area (Å²) in [5.74, 6) is 0. The van der Waals surface area contributed by atoms with Gasteiger partial charge in [0.2, 0.25) is 0 Å². The molecule has 1 unspecified atom stereocenters. The summed E-state index contributed by atoms with van der Waals surface area (Å²) >= 11 is 0. The molecule has 0 spiro atoms. The van der Waals surface area contributed by atoms with Crippen molar-refractivity contribution in [2.24, 2.45) is 0 Å². The summed E-state index contributed by atoms with van der Waals surface area (Å²) in [6.45, 7) is -1.19. The minimum Gasteiger partial charge on any atom is -0.372 e. The van der Waals surface area contributed by atoms with Crippen molar-refractivity contribution in [2.75, 3.05) is 20.3 Å². The molecule has 0 bridgehead atoms. The summed E-state index contributed by atoms with van der Waals surface area (Å²) in [6, 6.07) is -0.107. The zero-order valence-electron chi connectivity index (χ0n) is 9.37. The zero-order valence-corrected chi connectivity index (χ0v) is 9.37. The van der Waals surface area contributed by atoms with Gasteiger partial charge in [0.1, 0.15) is 12.9 Å². The molecule has 1 atom stereocenters. The maximum Gasteiger partial charge on any atom is 0.411 e. The van der Waals surface area contributed by atoms with Crippen LogP contribution in [0.1, 0.15) is 18.0 Å². The Morgan fingerprint density at radius 3 is 2.53 bits per heavy atom. The second kappa shape index (κ2) is 6.51. The van der Waals surface area contributed by atoms with Crippen LogP contribution in [0.3, 0.4) is 0 Å². The first kappa shape index (κ1) is 13.9. The summed E-state index contributed by atoms with van der Waals surface area (Å²) in [4.78, 5) is 7.70. The Balaban J connectivity index is 2.34. The Bertz CT molecular complexity index is 318. The van der Waals surface area contributed by atoms with Gasteiger partial charge < -0.3 is 10.1 Å². The Morgan fingerprint density at radius 2 is 2.00 bits per heavy atom. The molecular weight excluding hydrogens is 235 g/mol. The molecule has 0 saturated carbocycles. The fraction of sp³-hybridized carbons (Fsp3) is 0.600. The minimum atomic E-state index is -4.27. The molecule has 96 valence electrons. The smallest absolute Gasteiger partial charge is 0.372 e. The highest BCUT2D eigenvalue weighted by molar-refractivity contribution is 5.08. The lowest BCUT2D eigenvalue weighted by Gasteiger charge is -2.16. The molecule has 0 aromatic carbocycles. The minimum absolute atomic E-state index is 0.0277. The third kappa shape index (κ3) is 5.60. The molecule has 1 aromatic heterocycles. The van der Waals surface area contributed by atoms with Crippen LogP contribution in [-0.2, 0) is 4.74 Å². The summed E-state index contributed by atoms with van der Waals surface area (Å²) < 4.78 is 40.0. The molecule has 0 aliphatic carbocycles. The van der Waals surface area contributed by atoms with Crippen LogP contribution in [0.15, 0.2) is 18.7 Å². The van der Waals surface area contributed by atoms with Gasteiger partial charge in [-0.3, -0.25) is 0 Å². The van der Waals surface area contributed by atoms with E-state index in [0.29, 0.717) is 6.42 Å². The average molecular weight is 249 g/mol. The monoisotopic (exact) mass is 249 g/mol. The Labute approximate surface area is 97.2 Å². The van der Waals surface area contributed by atoms with Crippen molar-refractivity contribution in [1.29, 1.82) is 0 Å². The first-order valence-corrected chi connectivity index (χ1v) is 5.09. The normalized spacial score (nSPS) is 13.6. The molecule has 0 radical (unpaired) electrons. The molecule has 0 amide bonds. The van der Waals surface area contributed by atoms with Gasteiger partial charge in [0.15, 0.2) is 0 Å². The van der Waals surface area contributed by atoms with Crippen molar-refractivity contribution in [2.45, 2.75) is 18.6 Å². The second-order valence-electron chi connectivity index (χ2n) is 3.47. The maximum absolute atomic E-state index is 11.8. The molecule has 1 N–H and O–H groups in total. The predicted molar refractivity (Wildman–Crippen MR) is 55.3 cm³/mol. The molecule has 0 aliphatic rings. The van der Waals surface area contributed by atoms with Crippen molar-refractivity contribution in [3.8, 4) is 0 Å². The number of nitrogens with zero attached hydrogens (tertiary/aromatic N) is 2. The number of hydrogen-bond acceptors (Lipinski definition) is 4. The van der Waals surface area contributed by atoms with Crippen LogP contribution in [0.25, 0.3) is 0 Å². The molecule has 7 heteroatoms. The van der Waals surface area contributed by atoms with Gasteiger partial charge in [-0.2, -0.15) is 13.2 Å². The Hall–Kier alpha value is -1.21. The summed E-state index contributed by atoms with van der Waals surface area (Å²) in [6.07, 6.45) is 0.803. The van der Waals surface area contributed by atoms with Gasteiger partial charge in [-0.15, -0.1) is 0 Å². The lowest BCUT2D eigenvalue weighted by molar-refractivity contribution is -0.174. The lowest BCUT2D eigenvalue weighted by atomic mass is 10.1. The molecule has 1 heterocycles. The highest BCUT2D eigenvalue weighted by atomic mass is 19.4. The first-order chi connectivity index (χ1) is 8.03. The van der Waals surface area contributed by atoms with E-state index in [2.05, 4.69) is 20.0 Å². The Morgan fingerprint density at radius 1 is 1.35 bits per heavy atom. The summed E-state index contributed by atoms with van der Waals surface area (Å²) in [5.41, 5.74) is 0.825. The van der Waals surface area contributed by atoms with Crippen molar-refractivity contribution < 1.29 is 17.9 Å². The van der Waals surface area contributed by atoms with Gasteiger partial charge in [-0.1, -0.05) is 0 Å². The average Bonchev–Trinajstić information content (AvgIpc) is 2.29. The highest BCUT2D eigenvalue weighted by Gasteiger charge is 2.27. The summed E-state index contributed by atoms with van der Waals surface area (Å²) in [5, 5.41) is 2.97. The van der Waals surface area contributed by atoms with Crippen LogP contribution in [0.4, 0.5) is 13.2 Å². The number of rotatable bonds is 6. The topological polar surface area (TPSA) is 47.0 Å². The predicted octanol–water partition coefficient (Wildman–Crippen LogP) is 1.71. The third-order valence-electron chi connectivity index (χ3n) is 2.15. The number of nitrogens with one attached hydrogen (secondary N) is 1. The molecule has 0 saturated heterocycles. The molecular formula is C10H14F3N3O. The Kier molecular flexibility index (Phi) is 5.30. The summed E-state index contributed by atoms with van der Waals surface area (Å²) in [7, 11) is 1.72. The molecule has 0 aliphatic heterocycles. The third-order valence-corrected chi connectivity index (χ3v) is 2.15. The van der Waals surface area contributed by atoms with Crippen LogP contribution in [0, 0.1) is 0 Å². The number of ether oxygens (including phenoxy) is 1. The van der Waals surface area contributed by atoms with Gasteiger partial charge in [0.05, 0.1) is 0 Å². The van der Waals surface area contributed by atoms with E-state index in [-0.39, 0.29) is 12.6 Å². The van der Waals surface area contributed by atoms with E-state index in [1.807, 2.05) is 0 Å². The second-order valence-corrected chi connectivity index (χ2v) is 3.47. The van der Waals surface area contributed by atoms with Crippen LogP contribution in [-0.4, -0.2) is 36.4 Å². The van der Waals surface area contributed by atoms with Gasteiger partial charge in [-0.05, 0) is 13.5 Å². The SMILES string of the molecule is CNC(CCOCC(F)(F)F)c1cncnc1. The fourth-order valence-corrected chi connectivity index (χ4v) is 1.36. The van der Waals surface area contributed by atoms with E-state index in [0.717, 1.165) is 5.56 Å². The number of alkyl halides is 3. The molecule has 0 fully saturated rings. The van der Waals surface area contributed by atoms with E-state index < -0.39 is 12.8 Å². The molecule has 1 aromatic rings.